The highest BCUT2D eigenvalue weighted by atomic mass is 127. The van der Waals surface area contributed by atoms with E-state index in [2.05, 4.69) is 41.1 Å². The maximum absolute atomic E-state index is 12.5. The van der Waals surface area contributed by atoms with Crippen LogP contribution in [0.15, 0.2) is 42.0 Å². The van der Waals surface area contributed by atoms with E-state index < -0.39 is 8.38 Å². The molecule has 0 bridgehead atoms. The summed E-state index contributed by atoms with van der Waals surface area (Å²) >= 11 is 2.25. The summed E-state index contributed by atoms with van der Waals surface area (Å²) in [4.78, 5) is 22.9. The van der Waals surface area contributed by atoms with Gasteiger partial charge in [-0.25, -0.2) is 4.79 Å². The maximum Gasteiger partial charge on any atom is 0.342 e. The van der Waals surface area contributed by atoms with Crippen LogP contribution in [0.1, 0.15) is 46.5 Å². The van der Waals surface area contributed by atoms with Crippen LogP contribution in [0.3, 0.4) is 0 Å². The number of esters is 1. The number of benzene rings is 2. The van der Waals surface area contributed by atoms with Gasteiger partial charge in [0.15, 0.2) is 0 Å². The zero-order valence-corrected chi connectivity index (χ0v) is 22.4. The van der Waals surface area contributed by atoms with E-state index in [0.29, 0.717) is 42.9 Å². The summed E-state index contributed by atoms with van der Waals surface area (Å²) < 4.78 is 17.2. The molecule has 2 aromatic carbocycles. The normalized spacial score (nSPS) is 14.2. The Morgan fingerprint density at radius 3 is 2.75 bits per heavy atom. The second kappa shape index (κ2) is 12.3. The van der Waals surface area contributed by atoms with Crippen molar-refractivity contribution in [2.75, 3.05) is 18.5 Å². The molecule has 1 aliphatic heterocycles. The first-order chi connectivity index (χ1) is 15.5. The van der Waals surface area contributed by atoms with Crippen LogP contribution < -0.4 is 9.26 Å². The van der Waals surface area contributed by atoms with Gasteiger partial charge in [-0.1, -0.05) is 45.7 Å². The maximum atomic E-state index is 12.5. The van der Waals surface area contributed by atoms with E-state index >= 15 is 0 Å². The van der Waals surface area contributed by atoms with Gasteiger partial charge in [0.2, 0.25) is 8.38 Å². The third kappa shape index (κ3) is 6.19. The van der Waals surface area contributed by atoms with Gasteiger partial charge in [-0.3, -0.25) is 0 Å². The SMILES string of the molecule is CCc1c(C)c2c(c(OCCSI)c1C/C=C(\C)CP(O)Oc1ccccc1)C(=O)OC2. The minimum Gasteiger partial charge on any atom is -0.491 e. The molecule has 0 aromatic heterocycles. The van der Waals surface area contributed by atoms with Crippen molar-refractivity contribution in [1.82, 2.24) is 0 Å². The summed E-state index contributed by atoms with van der Waals surface area (Å²) in [5.74, 6) is 1.85. The van der Waals surface area contributed by atoms with E-state index in [4.69, 9.17) is 14.0 Å². The van der Waals surface area contributed by atoms with Crippen molar-refractivity contribution in [3.8, 4) is 11.5 Å². The molecule has 0 saturated heterocycles. The summed E-state index contributed by atoms with van der Waals surface area (Å²) in [6.45, 7) is 7.02. The summed E-state index contributed by atoms with van der Waals surface area (Å²) in [5, 5.41) is 0. The van der Waals surface area contributed by atoms with Gasteiger partial charge >= 0.3 is 5.97 Å². The Morgan fingerprint density at radius 2 is 2.06 bits per heavy atom. The van der Waals surface area contributed by atoms with Crippen LogP contribution in [-0.4, -0.2) is 29.4 Å². The molecule has 172 valence electrons. The minimum atomic E-state index is -1.60. The molecular weight excluding hydrogens is 558 g/mol. The van der Waals surface area contributed by atoms with Crippen molar-refractivity contribution in [3.63, 3.8) is 0 Å². The zero-order valence-electron chi connectivity index (χ0n) is 18.5. The number of allylic oxidation sites excluding steroid dienone is 2. The molecule has 0 spiro atoms. The average molecular weight is 586 g/mol. The first-order valence-corrected chi connectivity index (χ1v) is 15.4. The molecule has 1 heterocycles. The summed E-state index contributed by atoms with van der Waals surface area (Å²) in [6, 6.07) is 9.35. The first kappa shape index (κ1) is 25.3. The third-order valence-electron chi connectivity index (χ3n) is 5.38. The highest BCUT2D eigenvalue weighted by molar-refractivity contribution is 14.2. The lowest BCUT2D eigenvalue weighted by Gasteiger charge is -2.20. The van der Waals surface area contributed by atoms with Crippen molar-refractivity contribution < 1.29 is 23.7 Å². The second-order valence-corrected chi connectivity index (χ2v) is 11.2. The van der Waals surface area contributed by atoms with Gasteiger partial charge in [0.25, 0.3) is 0 Å². The number of hydrogen-bond acceptors (Lipinski definition) is 6. The standard InChI is InChI=1S/C24H28IO5PS/c1-4-19-17(3)21-14-29-24(26)22(21)23(28-12-13-32-25)20(19)11-10-16(2)15-31(27)30-18-8-6-5-7-9-18/h5-10,27H,4,11-15H2,1-3H3/b16-10+. The Hall–Kier alpha value is -1.28. The van der Waals surface area contributed by atoms with Crippen LogP contribution in [0.4, 0.5) is 0 Å². The average Bonchev–Trinajstić information content (AvgIpc) is 3.16. The van der Waals surface area contributed by atoms with E-state index in [1.54, 1.807) is 8.93 Å². The fourth-order valence-corrected chi connectivity index (χ4v) is 5.52. The molecule has 0 amide bonds. The molecule has 0 aliphatic carbocycles. The van der Waals surface area contributed by atoms with Gasteiger partial charge in [-0.15, -0.1) is 0 Å². The van der Waals surface area contributed by atoms with Crippen LogP contribution in [0.5, 0.6) is 11.5 Å². The number of para-hydroxylation sites is 1. The molecular formula is C24H28IO5PS. The Bertz CT molecular complexity index is 980. The molecule has 3 rings (SSSR count). The number of halogens is 1. The van der Waals surface area contributed by atoms with Crippen molar-refractivity contribution in [1.29, 1.82) is 0 Å². The van der Waals surface area contributed by atoms with Gasteiger partial charge in [-0.2, -0.15) is 0 Å². The van der Waals surface area contributed by atoms with Crippen molar-refractivity contribution in [2.45, 2.75) is 40.2 Å². The summed E-state index contributed by atoms with van der Waals surface area (Å²) in [6.07, 6.45) is 4.02. The lowest BCUT2D eigenvalue weighted by atomic mass is 9.89. The smallest absolute Gasteiger partial charge is 0.342 e. The van der Waals surface area contributed by atoms with E-state index in [9.17, 15) is 9.69 Å². The number of rotatable bonds is 11. The van der Waals surface area contributed by atoms with Crippen molar-refractivity contribution in [3.05, 3.63) is 69.8 Å². The van der Waals surface area contributed by atoms with Gasteiger partial charge in [0, 0.05) is 23.0 Å². The molecule has 1 atom stereocenters. The predicted molar refractivity (Wildman–Crippen MR) is 140 cm³/mol. The number of hydrogen-bond donors (Lipinski definition) is 1. The number of ether oxygens (including phenoxy) is 2. The van der Waals surface area contributed by atoms with E-state index in [1.165, 1.54) is 5.56 Å². The monoisotopic (exact) mass is 586 g/mol. The number of carbonyl (C=O) groups is 1. The largest absolute Gasteiger partial charge is 0.491 e. The number of cyclic esters (lactones) is 1. The van der Waals surface area contributed by atoms with Gasteiger partial charge in [-0.05, 0) is 71.2 Å². The minimum absolute atomic E-state index is 0.306. The molecule has 5 nitrogen and oxygen atoms in total. The quantitative estimate of drug-likeness (QED) is 0.106. The molecule has 2 aromatic rings. The fraction of sp³-hybridized carbons (Fsp3) is 0.375. The highest BCUT2D eigenvalue weighted by Gasteiger charge is 2.32. The molecule has 1 aliphatic rings. The van der Waals surface area contributed by atoms with Crippen LogP contribution >= 0.6 is 38.5 Å². The molecule has 0 saturated carbocycles. The lowest BCUT2D eigenvalue weighted by molar-refractivity contribution is 0.0532. The van der Waals surface area contributed by atoms with Crippen LogP contribution in [0.2, 0.25) is 0 Å². The second-order valence-electron chi connectivity index (χ2n) is 7.53. The number of fused-ring (bicyclic) bond motifs is 1. The molecule has 1 unspecified atom stereocenters. The molecule has 1 N–H and O–H groups in total. The van der Waals surface area contributed by atoms with Gasteiger partial charge in [0.05, 0.1) is 6.61 Å². The van der Waals surface area contributed by atoms with Crippen molar-refractivity contribution >= 4 is 44.5 Å². The summed E-state index contributed by atoms with van der Waals surface area (Å²) in [5.41, 5.74) is 5.91. The lowest BCUT2D eigenvalue weighted by Crippen LogP contribution is -2.11. The van der Waals surface area contributed by atoms with Crippen LogP contribution in [0, 0.1) is 6.92 Å². The Kier molecular flexibility index (Phi) is 9.71. The van der Waals surface area contributed by atoms with Gasteiger partial charge in [0.1, 0.15) is 23.7 Å². The first-order valence-electron chi connectivity index (χ1n) is 10.5. The van der Waals surface area contributed by atoms with Crippen LogP contribution in [0.25, 0.3) is 0 Å². The molecule has 32 heavy (non-hydrogen) atoms. The number of carbonyl (C=O) groups excluding carboxylic acids is 1. The van der Waals surface area contributed by atoms with Crippen molar-refractivity contribution in [2.24, 2.45) is 0 Å². The fourth-order valence-electron chi connectivity index (χ4n) is 3.85. The Labute approximate surface area is 207 Å². The third-order valence-corrected chi connectivity index (χ3v) is 8.21. The Balaban J connectivity index is 1.84. The molecule has 0 fully saturated rings. The zero-order chi connectivity index (χ0) is 23.1. The van der Waals surface area contributed by atoms with E-state index in [-0.39, 0.29) is 5.97 Å². The summed E-state index contributed by atoms with van der Waals surface area (Å²) in [7, 11) is 0.0746. The van der Waals surface area contributed by atoms with Gasteiger partial charge < -0.3 is 18.9 Å². The van der Waals surface area contributed by atoms with E-state index in [0.717, 1.165) is 34.4 Å². The molecule has 0 radical (unpaired) electrons. The Morgan fingerprint density at radius 1 is 1.31 bits per heavy atom. The van der Waals surface area contributed by atoms with Crippen LogP contribution in [-0.2, 0) is 24.2 Å². The molecule has 8 heteroatoms. The topological polar surface area (TPSA) is 65.0 Å². The highest BCUT2D eigenvalue weighted by Crippen LogP contribution is 2.40. The predicted octanol–water partition coefficient (Wildman–Crippen LogP) is 6.56. The van der Waals surface area contributed by atoms with E-state index in [1.807, 2.05) is 37.3 Å².